The summed E-state index contributed by atoms with van der Waals surface area (Å²) in [5, 5.41) is 3.45. The van der Waals surface area contributed by atoms with Crippen molar-refractivity contribution in [3.8, 4) is 5.75 Å². The number of nitrogens with one attached hydrogen (secondary N) is 1. The van der Waals surface area contributed by atoms with Gasteiger partial charge in [-0.3, -0.25) is 4.98 Å². The third-order valence-corrected chi connectivity index (χ3v) is 3.43. The number of benzene rings is 1. The Kier molecular flexibility index (Phi) is 6.83. The molecule has 0 radical (unpaired) electrons. The van der Waals surface area contributed by atoms with E-state index in [0.717, 1.165) is 17.0 Å². The molecule has 0 amide bonds. The van der Waals surface area contributed by atoms with Crippen molar-refractivity contribution in [3.05, 3.63) is 66.5 Å². The molecule has 1 aromatic carbocycles. The van der Waals surface area contributed by atoms with Crippen molar-refractivity contribution >= 4 is 11.7 Å². The minimum atomic E-state index is -0.327. The highest BCUT2D eigenvalue weighted by atomic mass is 16.5. The van der Waals surface area contributed by atoms with Crippen LogP contribution in [0.15, 0.2) is 60.9 Å². The predicted molar refractivity (Wildman–Crippen MR) is 94.0 cm³/mol. The molecule has 126 valence electrons. The summed E-state index contributed by atoms with van der Waals surface area (Å²) in [7, 11) is 1.64. The van der Waals surface area contributed by atoms with Crippen LogP contribution in [-0.2, 0) is 9.53 Å². The number of ether oxygens (including phenoxy) is 2. The Morgan fingerprint density at radius 2 is 2.08 bits per heavy atom. The van der Waals surface area contributed by atoms with Crippen LogP contribution in [0, 0.1) is 0 Å². The molecule has 0 saturated carbocycles. The Hall–Kier alpha value is -2.82. The first kappa shape index (κ1) is 17.5. The van der Waals surface area contributed by atoms with E-state index in [1.165, 1.54) is 6.08 Å². The van der Waals surface area contributed by atoms with Gasteiger partial charge in [0.15, 0.2) is 0 Å². The summed E-state index contributed by atoms with van der Waals surface area (Å²) in [4.78, 5) is 15.6. The van der Waals surface area contributed by atoms with Gasteiger partial charge in [-0.25, -0.2) is 4.79 Å². The van der Waals surface area contributed by atoms with Gasteiger partial charge in [0.1, 0.15) is 5.75 Å². The molecule has 1 heterocycles. The standard InChI is InChI=1S/C19H22N2O3/c1-3-24-19(22)8-4-7-18(15-6-5-13-20-14-15)21-16-9-11-17(23-2)12-10-16/h4-6,8-14,18,21H,3,7H2,1-2H3/b8-4+. The number of carbonyl (C=O) groups excluding carboxylic acids is 1. The molecule has 2 aromatic rings. The first-order chi connectivity index (χ1) is 11.7. The summed E-state index contributed by atoms with van der Waals surface area (Å²) in [5.74, 6) is 0.479. The SMILES string of the molecule is CCOC(=O)/C=C/CC(Nc1ccc(OC)cc1)c1cccnc1. The lowest BCUT2D eigenvalue weighted by Gasteiger charge is -2.19. The van der Waals surface area contributed by atoms with Crippen molar-refractivity contribution in [2.45, 2.75) is 19.4 Å². The van der Waals surface area contributed by atoms with Gasteiger partial charge in [0.25, 0.3) is 0 Å². The molecule has 1 atom stereocenters. The maximum absolute atomic E-state index is 11.4. The Labute approximate surface area is 142 Å². The average molecular weight is 326 g/mol. The van der Waals surface area contributed by atoms with Crippen LogP contribution in [0.5, 0.6) is 5.75 Å². The molecule has 5 nitrogen and oxygen atoms in total. The molecule has 24 heavy (non-hydrogen) atoms. The van der Waals surface area contributed by atoms with Gasteiger partial charge in [0.05, 0.1) is 19.8 Å². The summed E-state index contributed by atoms with van der Waals surface area (Å²) >= 11 is 0. The summed E-state index contributed by atoms with van der Waals surface area (Å²) < 4.78 is 10.1. The van der Waals surface area contributed by atoms with Crippen molar-refractivity contribution in [2.75, 3.05) is 19.0 Å². The number of anilines is 1. The first-order valence-electron chi connectivity index (χ1n) is 7.86. The Balaban J connectivity index is 2.09. The summed E-state index contributed by atoms with van der Waals surface area (Å²) in [6.07, 6.45) is 7.47. The second-order valence-electron chi connectivity index (χ2n) is 5.10. The van der Waals surface area contributed by atoms with Crippen molar-refractivity contribution in [1.82, 2.24) is 4.98 Å². The van der Waals surface area contributed by atoms with Crippen molar-refractivity contribution in [1.29, 1.82) is 0 Å². The monoisotopic (exact) mass is 326 g/mol. The Morgan fingerprint density at radius 3 is 2.71 bits per heavy atom. The van der Waals surface area contributed by atoms with Crippen LogP contribution in [-0.4, -0.2) is 24.7 Å². The van der Waals surface area contributed by atoms with Crippen LogP contribution in [0.2, 0.25) is 0 Å². The zero-order valence-electron chi connectivity index (χ0n) is 13.9. The van der Waals surface area contributed by atoms with E-state index in [2.05, 4.69) is 10.3 Å². The van der Waals surface area contributed by atoms with Crippen LogP contribution in [0.1, 0.15) is 24.9 Å². The highest BCUT2D eigenvalue weighted by Gasteiger charge is 2.10. The van der Waals surface area contributed by atoms with Crippen LogP contribution >= 0.6 is 0 Å². The van der Waals surface area contributed by atoms with Crippen LogP contribution in [0.4, 0.5) is 5.69 Å². The van der Waals surface area contributed by atoms with E-state index in [-0.39, 0.29) is 12.0 Å². The zero-order valence-corrected chi connectivity index (χ0v) is 13.9. The molecule has 0 aliphatic carbocycles. The number of pyridine rings is 1. The number of carbonyl (C=O) groups is 1. The first-order valence-corrected chi connectivity index (χ1v) is 7.86. The zero-order chi connectivity index (χ0) is 17.2. The molecule has 0 spiro atoms. The summed E-state index contributed by atoms with van der Waals surface area (Å²) in [5.41, 5.74) is 2.01. The number of methoxy groups -OCH3 is 1. The minimum Gasteiger partial charge on any atom is -0.497 e. The van der Waals surface area contributed by atoms with Crippen LogP contribution < -0.4 is 10.1 Å². The van der Waals surface area contributed by atoms with Crippen molar-refractivity contribution in [3.63, 3.8) is 0 Å². The molecular weight excluding hydrogens is 304 g/mol. The lowest BCUT2D eigenvalue weighted by molar-refractivity contribution is -0.137. The molecule has 1 N–H and O–H groups in total. The molecule has 0 saturated heterocycles. The van der Waals surface area contributed by atoms with Gasteiger partial charge in [-0.15, -0.1) is 0 Å². The number of rotatable bonds is 8. The lowest BCUT2D eigenvalue weighted by atomic mass is 10.0. The number of aromatic nitrogens is 1. The molecule has 1 unspecified atom stereocenters. The topological polar surface area (TPSA) is 60.5 Å². The van der Waals surface area contributed by atoms with E-state index >= 15 is 0 Å². The number of nitrogens with zero attached hydrogens (tertiary/aromatic N) is 1. The molecule has 0 aliphatic heterocycles. The summed E-state index contributed by atoms with van der Waals surface area (Å²) in [6.45, 7) is 2.16. The van der Waals surface area contributed by atoms with E-state index in [0.29, 0.717) is 13.0 Å². The number of hydrogen-bond donors (Lipinski definition) is 1. The maximum atomic E-state index is 11.4. The fourth-order valence-electron chi connectivity index (χ4n) is 2.24. The highest BCUT2D eigenvalue weighted by Crippen LogP contribution is 2.24. The second-order valence-corrected chi connectivity index (χ2v) is 5.10. The quantitative estimate of drug-likeness (QED) is 0.591. The van der Waals surface area contributed by atoms with E-state index in [1.54, 1.807) is 20.2 Å². The third-order valence-electron chi connectivity index (χ3n) is 3.43. The molecule has 0 fully saturated rings. The largest absolute Gasteiger partial charge is 0.497 e. The maximum Gasteiger partial charge on any atom is 0.330 e. The van der Waals surface area contributed by atoms with E-state index < -0.39 is 0 Å². The van der Waals surface area contributed by atoms with Gasteiger partial charge >= 0.3 is 5.97 Å². The fourth-order valence-corrected chi connectivity index (χ4v) is 2.24. The predicted octanol–water partition coefficient (Wildman–Crippen LogP) is 3.75. The van der Waals surface area contributed by atoms with Crippen molar-refractivity contribution in [2.24, 2.45) is 0 Å². The molecule has 1 aromatic heterocycles. The average Bonchev–Trinajstić information content (AvgIpc) is 2.62. The molecular formula is C19H22N2O3. The molecule has 5 heteroatoms. The fraction of sp³-hybridized carbons (Fsp3) is 0.263. The van der Waals surface area contributed by atoms with Gasteiger partial charge in [0, 0.05) is 24.2 Å². The minimum absolute atomic E-state index is 0.00206. The Morgan fingerprint density at radius 1 is 1.29 bits per heavy atom. The summed E-state index contributed by atoms with van der Waals surface area (Å²) in [6, 6.07) is 11.6. The normalized spacial score (nSPS) is 11.9. The second kappa shape index (κ2) is 9.35. The van der Waals surface area contributed by atoms with Crippen molar-refractivity contribution < 1.29 is 14.3 Å². The van der Waals surface area contributed by atoms with Gasteiger partial charge in [0.2, 0.25) is 0 Å². The van der Waals surface area contributed by atoms with E-state index in [9.17, 15) is 4.79 Å². The van der Waals surface area contributed by atoms with Crippen LogP contribution in [0.25, 0.3) is 0 Å². The number of esters is 1. The van der Waals surface area contributed by atoms with Gasteiger partial charge in [-0.05, 0) is 49.2 Å². The highest BCUT2D eigenvalue weighted by molar-refractivity contribution is 5.81. The molecule has 2 rings (SSSR count). The van der Waals surface area contributed by atoms with Gasteiger partial charge in [-0.1, -0.05) is 12.1 Å². The van der Waals surface area contributed by atoms with E-state index in [4.69, 9.17) is 9.47 Å². The van der Waals surface area contributed by atoms with Crippen LogP contribution in [0.3, 0.4) is 0 Å². The number of hydrogen-bond acceptors (Lipinski definition) is 5. The van der Waals surface area contributed by atoms with Gasteiger partial charge in [-0.2, -0.15) is 0 Å². The molecule has 0 aliphatic rings. The van der Waals surface area contributed by atoms with Gasteiger partial charge < -0.3 is 14.8 Å². The smallest absolute Gasteiger partial charge is 0.330 e. The molecule has 0 bridgehead atoms. The third kappa shape index (κ3) is 5.43. The Bertz CT molecular complexity index is 654. The van der Waals surface area contributed by atoms with E-state index in [1.807, 2.05) is 48.7 Å². The lowest BCUT2D eigenvalue weighted by Crippen LogP contribution is -2.10.